The van der Waals surface area contributed by atoms with E-state index in [1.165, 1.54) is 0 Å². The number of aliphatic hydroxyl groups is 1. The molecule has 0 heterocycles. The molecule has 0 saturated heterocycles. The highest BCUT2D eigenvalue weighted by atomic mass is 35.5. The standard InChI is InChI=1S/C9H10Cl2O2S/c10-8-1-2-9(11)7(5-8)6-14(13)4-3-12/h1-2,5,12H,3-4,6H2. The van der Waals surface area contributed by atoms with Crippen molar-refractivity contribution in [3.05, 3.63) is 33.8 Å². The lowest BCUT2D eigenvalue weighted by Gasteiger charge is -2.03. The second kappa shape index (κ2) is 5.71. The quantitative estimate of drug-likeness (QED) is 0.893. The molecule has 0 bridgehead atoms. The summed E-state index contributed by atoms with van der Waals surface area (Å²) < 4.78 is 11.3. The van der Waals surface area contributed by atoms with E-state index in [0.29, 0.717) is 15.8 Å². The average molecular weight is 253 g/mol. The third-order valence-corrected chi connectivity index (χ3v) is 3.52. The fourth-order valence-electron chi connectivity index (χ4n) is 1.00. The van der Waals surface area contributed by atoms with Crippen molar-refractivity contribution in [3.63, 3.8) is 0 Å². The van der Waals surface area contributed by atoms with Crippen LogP contribution in [0.5, 0.6) is 0 Å². The van der Waals surface area contributed by atoms with Crippen molar-refractivity contribution in [2.75, 3.05) is 12.4 Å². The predicted molar refractivity (Wildman–Crippen MR) is 60.3 cm³/mol. The summed E-state index contributed by atoms with van der Waals surface area (Å²) in [6.45, 7) is -0.0786. The van der Waals surface area contributed by atoms with E-state index >= 15 is 0 Å². The van der Waals surface area contributed by atoms with Crippen LogP contribution in [-0.4, -0.2) is 21.7 Å². The molecule has 0 aliphatic carbocycles. The summed E-state index contributed by atoms with van der Waals surface area (Å²) in [7, 11) is -1.08. The number of aliphatic hydroxyl groups excluding tert-OH is 1. The third kappa shape index (κ3) is 3.58. The van der Waals surface area contributed by atoms with Gasteiger partial charge in [-0.25, -0.2) is 0 Å². The van der Waals surface area contributed by atoms with E-state index in [4.69, 9.17) is 28.3 Å². The van der Waals surface area contributed by atoms with Crippen LogP contribution in [-0.2, 0) is 16.6 Å². The summed E-state index contributed by atoms with van der Waals surface area (Å²) in [5, 5.41) is 9.72. The Labute approximate surface area is 95.3 Å². The van der Waals surface area contributed by atoms with Crippen molar-refractivity contribution in [2.45, 2.75) is 5.75 Å². The van der Waals surface area contributed by atoms with Gasteiger partial charge in [0.2, 0.25) is 0 Å². The summed E-state index contributed by atoms with van der Waals surface area (Å²) in [6.07, 6.45) is 0. The highest BCUT2D eigenvalue weighted by Crippen LogP contribution is 2.21. The maximum atomic E-state index is 11.3. The smallest absolute Gasteiger partial charge is 0.0546 e. The van der Waals surface area contributed by atoms with Crippen LogP contribution in [0.25, 0.3) is 0 Å². The largest absolute Gasteiger partial charge is 0.395 e. The van der Waals surface area contributed by atoms with Crippen molar-refractivity contribution in [1.82, 2.24) is 0 Å². The second-order valence-corrected chi connectivity index (χ2v) is 5.17. The summed E-state index contributed by atoms with van der Waals surface area (Å²) in [6, 6.07) is 5.05. The molecular formula is C9H10Cl2O2S. The van der Waals surface area contributed by atoms with Crippen molar-refractivity contribution >= 4 is 34.0 Å². The molecular weight excluding hydrogens is 243 g/mol. The lowest BCUT2D eigenvalue weighted by molar-refractivity contribution is 0.321. The Balaban J connectivity index is 2.75. The van der Waals surface area contributed by atoms with Crippen LogP contribution in [0.2, 0.25) is 10.0 Å². The summed E-state index contributed by atoms with van der Waals surface area (Å²) >= 11 is 11.7. The molecule has 0 spiro atoms. The normalized spacial score (nSPS) is 12.8. The van der Waals surface area contributed by atoms with Gasteiger partial charge in [0.1, 0.15) is 0 Å². The van der Waals surface area contributed by atoms with E-state index in [0.717, 1.165) is 5.56 Å². The molecule has 1 rings (SSSR count). The molecule has 78 valence electrons. The minimum Gasteiger partial charge on any atom is -0.395 e. The van der Waals surface area contributed by atoms with E-state index in [1.807, 2.05) is 0 Å². The van der Waals surface area contributed by atoms with Crippen molar-refractivity contribution in [1.29, 1.82) is 0 Å². The van der Waals surface area contributed by atoms with Crippen LogP contribution >= 0.6 is 23.2 Å². The van der Waals surface area contributed by atoms with Gasteiger partial charge in [0.25, 0.3) is 0 Å². The number of benzene rings is 1. The Bertz CT molecular complexity index is 342. The molecule has 0 fully saturated rings. The van der Waals surface area contributed by atoms with E-state index in [1.54, 1.807) is 18.2 Å². The molecule has 1 atom stereocenters. The van der Waals surface area contributed by atoms with Gasteiger partial charge < -0.3 is 5.11 Å². The Morgan fingerprint density at radius 3 is 2.71 bits per heavy atom. The fraction of sp³-hybridized carbons (Fsp3) is 0.333. The number of hydrogen-bond donors (Lipinski definition) is 1. The zero-order valence-electron chi connectivity index (χ0n) is 7.37. The van der Waals surface area contributed by atoms with E-state index in [2.05, 4.69) is 0 Å². The van der Waals surface area contributed by atoms with Gasteiger partial charge in [0.15, 0.2) is 0 Å². The number of rotatable bonds is 4. The van der Waals surface area contributed by atoms with Crippen LogP contribution in [0.1, 0.15) is 5.56 Å². The van der Waals surface area contributed by atoms with Crippen molar-refractivity contribution in [2.24, 2.45) is 0 Å². The lowest BCUT2D eigenvalue weighted by atomic mass is 10.2. The first-order chi connectivity index (χ1) is 6.63. The van der Waals surface area contributed by atoms with Gasteiger partial charge >= 0.3 is 0 Å². The van der Waals surface area contributed by atoms with E-state index in [9.17, 15) is 4.21 Å². The highest BCUT2D eigenvalue weighted by Gasteiger charge is 2.05. The van der Waals surface area contributed by atoms with Gasteiger partial charge in [-0.15, -0.1) is 0 Å². The average Bonchev–Trinajstić information content (AvgIpc) is 2.12. The first-order valence-corrected chi connectivity index (χ1v) is 6.27. The lowest BCUT2D eigenvalue weighted by Crippen LogP contribution is -2.04. The molecule has 2 nitrogen and oxygen atoms in total. The molecule has 0 aliphatic heterocycles. The Morgan fingerprint density at radius 1 is 1.36 bits per heavy atom. The van der Waals surface area contributed by atoms with Gasteiger partial charge in [0.05, 0.1) is 12.4 Å². The van der Waals surface area contributed by atoms with Crippen LogP contribution in [0.15, 0.2) is 18.2 Å². The zero-order valence-corrected chi connectivity index (χ0v) is 9.70. The molecule has 1 unspecified atom stereocenters. The predicted octanol–water partition coefficient (Wildman–Crippen LogP) is 2.23. The first-order valence-electron chi connectivity index (χ1n) is 4.03. The van der Waals surface area contributed by atoms with Gasteiger partial charge in [-0.3, -0.25) is 4.21 Å². The summed E-state index contributed by atoms with van der Waals surface area (Å²) in [5.74, 6) is 0.600. The Morgan fingerprint density at radius 2 is 2.07 bits per heavy atom. The van der Waals surface area contributed by atoms with Crippen LogP contribution in [0, 0.1) is 0 Å². The van der Waals surface area contributed by atoms with Crippen LogP contribution in [0.3, 0.4) is 0 Å². The molecule has 1 N–H and O–H groups in total. The Hall–Kier alpha value is -0.0900. The highest BCUT2D eigenvalue weighted by molar-refractivity contribution is 7.84. The molecule has 0 radical (unpaired) electrons. The number of hydrogen-bond acceptors (Lipinski definition) is 2. The van der Waals surface area contributed by atoms with Crippen molar-refractivity contribution < 1.29 is 9.32 Å². The van der Waals surface area contributed by atoms with Crippen LogP contribution < -0.4 is 0 Å². The van der Waals surface area contributed by atoms with Gasteiger partial charge in [-0.05, 0) is 23.8 Å². The summed E-state index contributed by atoms with van der Waals surface area (Å²) in [4.78, 5) is 0. The van der Waals surface area contributed by atoms with Gasteiger partial charge in [-0.1, -0.05) is 23.2 Å². The maximum absolute atomic E-state index is 11.3. The molecule has 5 heteroatoms. The minimum absolute atomic E-state index is 0.0786. The molecule has 0 amide bonds. The monoisotopic (exact) mass is 252 g/mol. The molecule has 0 aliphatic rings. The molecule has 0 aromatic heterocycles. The van der Waals surface area contributed by atoms with Gasteiger partial charge in [-0.2, -0.15) is 0 Å². The van der Waals surface area contributed by atoms with E-state index < -0.39 is 10.8 Å². The minimum atomic E-state index is -1.08. The molecule has 0 saturated carbocycles. The SMILES string of the molecule is O=S(CCO)Cc1cc(Cl)ccc1Cl. The van der Waals surface area contributed by atoms with Gasteiger partial charge in [0, 0.05) is 26.6 Å². The first kappa shape index (κ1) is 12.0. The molecule has 14 heavy (non-hydrogen) atoms. The summed E-state index contributed by atoms with van der Waals surface area (Å²) in [5.41, 5.74) is 0.756. The number of halogens is 2. The van der Waals surface area contributed by atoms with Crippen molar-refractivity contribution in [3.8, 4) is 0 Å². The molecule has 1 aromatic carbocycles. The topological polar surface area (TPSA) is 37.3 Å². The Kier molecular flexibility index (Phi) is 4.89. The second-order valence-electron chi connectivity index (χ2n) is 2.75. The maximum Gasteiger partial charge on any atom is 0.0546 e. The fourth-order valence-corrected chi connectivity index (χ4v) is 2.39. The zero-order chi connectivity index (χ0) is 10.6. The van der Waals surface area contributed by atoms with E-state index in [-0.39, 0.29) is 12.4 Å². The molecule has 1 aromatic rings. The van der Waals surface area contributed by atoms with Crippen LogP contribution in [0.4, 0.5) is 0 Å². The third-order valence-electron chi connectivity index (χ3n) is 1.64.